The number of pyridine rings is 1. The Labute approximate surface area is 108 Å². The molecule has 0 unspecified atom stereocenters. The fraction of sp³-hybridized carbons (Fsp3) is 0.0769. The lowest BCUT2D eigenvalue weighted by atomic mass is 10.1. The molecule has 0 aliphatic carbocycles. The zero-order valence-corrected chi connectivity index (χ0v) is 10.6. The average Bonchev–Trinajstić information content (AvgIpc) is 2.96. The van der Waals surface area contributed by atoms with Crippen LogP contribution in [0.1, 0.15) is 4.88 Å². The maximum atomic E-state index is 5.85. The molecule has 0 aliphatic heterocycles. The SMILES string of the molecule is Cc1ccc(-c2noc(N)c2-c2ccccn2)s1. The number of thiophene rings is 1. The van der Waals surface area contributed by atoms with Crippen LogP contribution in [0, 0.1) is 6.92 Å². The molecule has 0 aliphatic rings. The Bertz CT molecular complexity index is 673. The van der Waals surface area contributed by atoms with Crippen LogP contribution in [0.15, 0.2) is 41.1 Å². The van der Waals surface area contributed by atoms with Crippen LogP contribution in [0.3, 0.4) is 0 Å². The molecule has 0 bridgehead atoms. The van der Waals surface area contributed by atoms with Crippen LogP contribution < -0.4 is 5.73 Å². The van der Waals surface area contributed by atoms with Gasteiger partial charge in [0.2, 0.25) is 5.88 Å². The van der Waals surface area contributed by atoms with E-state index in [2.05, 4.69) is 17.1 Å². The summed E-state index contributed by atoms with van der Waals surface area (Å²) >= 11 is 1.66. The Hall–Kier alpha value is -2.14. The van der Waals surface area contributed by atoms with Gasteiger partial charge in [0.1, 0.15) is 5.69 Å². The predicted octanol–water partition coefficient (Wildman–Crippen LogP) is 3.36. The summed E-state index contributed by atoms with van der Waals surface area (Å²) < 4.78 is 5.11. The molecular weight excluding hydrogens is 246 g/mol. The third kappa shape index (κ3) is 1.78. The number of nitrogens with two attached hydrogens (primary N) is 1. The summed E-state index contributed by atoms with van der Waals surface area (Å²) in [5.41, 5.74) is 8.14. The number of anilines is 1. The van der Waals surface area contributed by atoms with Crippen molar-refractivity contribution in [2.24, 2.45) is 0 Å². The standard InChI is InChI=1S/C13H11N3OS/c1-8-5-6-10(18-8)12-11(13(14)17-16-12)9-4-2-3-7-15-9/h2-7H,14H2,1H3. The quantitative estimate of drug-likeness (QED) is 0.764. The maximum absolute atomic E-state index is 5.85. The summed E-state index contributed by atoms with van der Waals surface area (Å²) in [7, 11) is 0. The molecule has 0 saturated carbocycles. The Morgan fingerprint density at radius 3 is 2.78 bits per heavy atom. The second-order valence-corrected chi connectivity index (χ2v) is 5.18. The minimum atomic E-state index is 0.301. The maximum Gasteiger partial charge on any atom is 0.232 e. The van der Waals surface area contributed by atoms with Crippen LogP contribution in [0.2, 0.25) is 0 Å². The molecule has 90 valence electrons. The van der Waals surface area contributed by atoms with Crippen molar-refractivity contribution < 1.29 is 4.52 Å². The topological polar surface area (TPSA) is 64.9 Å². The Kier molecular flexibility index (Phi) is 2.60. The molecule has 5 heteroatoms. The highest BCUT2D eigenvalue weighted by atomic mass is 32.1. The van der Waals surface area contributed by atoms with E-state index in [-0.39, 0.29) is 0 Å². The zero-order chi connectivity index (χ0) is 12.5. The van der Waals surface area contributed by atoms with Gasteiger partial charge in [0, 0.05) is 11.1 Å². The number of hydrogen-bond donors (Lipinski definition) is 1. The van der Waals surface area contributed by atoms with Crippen LogP contribution in [0.4, 0.5) is 5.88 Å². The third-order valence-electron chi connectivity index (χ3n) is 2.61. The molecule has 18 heavy (non-hydrogen) atoms. The van der Waals surface area contributed by atoms with E-state index in [1.807, 2.05) is 30.3 Å². The number of aryl methyl sites for hydroxylation is 1. The van der Waals surface area contributed by atoms with Crippen LogP contribution >= 0.6 is 11.3 Å². The molecule has 0 atom stereocenters. The first-order valence-electron chi connectivity index (χ1n) is 5.49. The number of rotatable bonds is 2. The fourth-order valence-corrected chi connectivity index (χ4v) is 2.65. The summed E-state index contributed by atoms with van der Waals surface area (Å²) in [6.07, 6.45) is 1.73. The van der Waals surface area contributed by atoms with Crippen LogP contribution in [-0.4, -0.2) is 10.1 Å². The second kappa shape index (κ2) is 4.27. The predicted molar refractivity (Wildman–Crippen MR) is 72.2 cm³/mol. The van der Waals surface area contributed by atoms with Crippen LogP contribution in [0.5, 0.6) is 0 Å². The van der Waals surface area contributed by atoms with Gasteiger partial charge in [0.25, 0.3) is 0 Å². The summed E-state index contributed by atoms with van der Waals surface area (Å²) in [6, 6.07) is 9.74. The number of aromatic nitrogens is 2. The van der Waals surface area contributed by atoms with E-state index in [4.69, 9.17) is 10.3 Å². The first-order valence-corrected chi connectivity index (χ1v) is 6.30. The molecule has 2 N–H and O–H groups in total. The van der Waals surface area contributed by atoms with Gasteiger partial charge < -0.3 is 10.3 Å². The highest BCUT2D eigenvalue weighted by Crippen LogP contribution is 2.37. The molecule has 3 aromatic heterocycles. The van der Waals surface area contributed by atoms with Crippen molar-refractivity contribution in [2.75, 3.05) is 5.73 Å². The van der Waals surface area contributed by atoms with Crippen molar-refractivity contribution in [2.45, 2.75) is 6.92 Å². The van der Waals surface area contributed by atoms with Crippen molar-refractivity contribution in [1.29, 1.82) is 0 Å². The van der Waals surface area contributed by atoms with Gasteiger partial charge in [-0.3, -0.25) is 4.98 Å². The van der Waals surface area contributed by atoms with Crippen molar-refractivity contribution in [3.05, 3.63) is 41.4 Å². The van der Waals surface area contributed by atoms with Crippen LogP contribution in [0.25, 0.3) is 21.8 Å². The molecule has 0 saturated heterocycles. The van der Waals surface area contributed by atoms with E-state index in [1.165, 1.54) is 4.88 Å². The Balaban J connectivity index is 2.18. The summed E-state index contributed by atoms with van der Waals surface area (Å²) in [6.45, 7) is 2.05. The molecule has 0 amide bonds. The molecular formula is C13H11N3OS. The van der Waals surface area contributed by atoms with Crippen molar-refractivity contribution in [3.63, 3.8) is 0 Å². The zero-order valence-electron chi connectivity index (χ0n) is 9.75. The normalized spacial score (nSPS) is 10.7. The van der Waals surface area contributed by atoms with E-state index in [0.717, 1.165) is 21.8 Å². The monoisotopic (exact) mass is 257 g/mol. The van der Waals surface area contributed by atoms with Gasteiger partial charge in [0.15, 0.2) is 0 Å². The number of nitrogen functional groups attached to an aromatic ring is 1. The minimum absolute atomic E-state index is 0.301. The Morgan fingerprint density at radius 1 is 1.22 bits per heavy atom. The van der Waals surface area contributed by atoms with E-state index in [9.17, 15) is 0 Å². The highest BCUT2D eigenvalue weighted by molar-refractivity contribution is 7.15. The summed E-state index contributed by atoms with van der Waals surface area (Å²) in [5, 5.41) is 4.05. The first kappa shape index (κ1) is 11.0. The van der Waals surface area contributed by atoms with Crippen molar-refractivity contribution in [1.82, 2.24) is 10.1 Å². The molecule has 0 radical (unpaired) electrons. The van der Waals surface area contributed by atoms with Crippen molar-refractivity contribution in [3.8, 4) is 21.8 Å². The third-order valence-corrected chi connectivity index (χ3v) is 3.62. The van der Waals surface area contributed by atoms with E-state index >= 15 is 0 Å². The molecule has 0 fully saturated rings. The molecule has 4 nitrogen and oxygen atoms in total. The molecule has 3 heterocycles. The summed E-state index contributed by atoms with van der Waals surface area (Å²) in [4.78, 5) is 6.56. The fourth-order valence-electron chi connectivity index (χ4n) is 1.79. The van der Waals surface area contributed by atoms with Gasteiger partial charge in [-0.15, -0.1) is 11.3 Å². The van der Waals surface area contributed by atoms with E-state index < -0.39 is 0 Å². The van der Waals surface area contributed by atoms with Gasteiger partial charge >= 0.3 is 0 Å². The lowest BCUT2D eigenvalue weighted by Gasteiger charge is -1.99. The van der Waals surface area contributed by atoms with Gasteiger partial charge in [-0.2, -0.15) is 0 Å². The van der Waals surface area contributed by atoms with Crippen molar-refractivity contribution >= 4 is 17.2 Å². The van der Waals surface area contributed by atoms with E-state index in [0.29, 0.717) is 5.88 Å². The average molecular weight is 257 g/mol. The van der Waals surface area contributed by atoms with Gasteiger partial charge in [0.05, 0.1) is 16.1 Å². The first-order chi connectivity index (χ1) is 8.75. The number of nitrogens with zero attached hydrogens (tertiary/aromatic N) is 2. The van der Waals surface area contributed by atoms with Gasteiger partial charge in [-0.1, -0.05) is 11.2 Å². The molecule has 0 aromatic carbocycles. The lowest BCUT2D eigenvalue weighted by Crippen LogP contribution is -1.88. The van der Waals surface area contributed by atoms with Crippen LogP contribution in [-0.2, 0) is 0 Å². The molecule has 3 rings (SSSR count). The molecule has 0 spiro atoms. The largest absolute Gasteiger partial charge is 0.367 e. The van der Waals surface area contributed by atoms with Gasteiger partial charge in [-0.25, -0.2) is 0 Å². The number of hydrogen-bond acceptors (Lipinski definition) is 5. The highest BCUT2D eigenvalue weighted by Gasteiger charge is 2.19. The lowest BCUT2D eigenvalue weighted by molar-refractivity contribution is 0.439. The van der Waals surface area contributed by atoms with Gasteiger partial charge in [-0.05, 0) is 31.2 Å². The Morgan fingerprint density at radius 2 is 2.11 bits per heavy atom. The molecule has 3 aromatic rings. The minimum Gasteiger partial charge on any atom is -0.367 e. The summed E-state index contributed by atoms with van der Waals surface area (Å²) in [5.74, 6) is 0.301. The van der Waals surface area contributed by atoms with E-state index in [1.54, 1.807) is 17.5 Å². The second-order valence-electron chi connectivity index (χ2n) is 3.90. The smallest absolute Gasteiger partial charge is 0.232 e.